The molecule has 1 amide bonds. The summed E-state index contributed by atoms with van der Waals surface area (Å²) in [6.45, 7) is 2.74. The van der Waals surface area contributed by atoms with Gasteiger partial charge >= 0.3 is 0 Å². The van der Waals surface area contributed by atoms with Crippen LogP contribution in [-0.2, 0) is 17.8 Å². The second-order valence-corrected chi connectivity index (χ2v) is 6.51. The molecule has 0 bridgehead atoms. The van der Waals surface area contributed by atoms with Crippen LogP contribution in [0.4, 0.5) is 17.5 Å². The molecule has 0 spiro atoms. The summed E-state index contributed by atoms with van der Waals surface area (Å²) in [6.07, 6.45) is 7.92. The summed E-state index contributed by atoms with van der Waals surface area (Å²) in [5, 5.41) is 12.1. The number of terminal acetylenes is 1. The van der Waals surface area contributed by atoms with Crippen molar-refractivity contribution in [2.24, 2.45) is 0 Å². The number of carbonyl (C=O) groups excluding carboxylic acids is 1. The first-order valence-corrected chi connectivity index (χ1v) is 8.66. The molecule has 4 heterocycles. The Labute approximate surface area is 156 Å². The third-order valence-corrected chi connectivity index (χ3v) is 4.57. The fourth-order valence-corrected chi connectivity index (χ4v) is 3.08. The lowest BCUT2D eigenvalue weighted by atomic mass is 10.1. The Balaban J connectivity index is 1.66. The molecular formula is C19H19N7O. The maximum Gasteiger partial charge on any atom is 0.241 e. The second kappa shape index (κ2) is 6.61. The first-order chi connectivity index (χ1) is 13.0. The molecular weight excluding hydrogens is 342 g/mol. The van der Waals surface area contributed by atoms with Gasteiger partial charge < -0.3 is 16.4 Å². The minimum atomic E-state index is -0.128. The van der Waals surface area contributed by atoms with E-state index >= 15 is 0 Å². The number of pyridine rings is 2. The molecule has 8 nitrogen and oxygen atoms in total. The van der Waals surface area contributed by atoms with E-state index in [4.69, 9.17) is 12.2 Å². The summed E-state index contributed by atoms with van der Waals surface area (Å²) in [5.74, 6) is 4.18. The topological polar surface area (TPSA) is 111 Å². The van der Waals surface area contributed by atoms with Crippen molar-refractivity contribution in [2.75, 3.05) is 17.6 Å². The Morgan fingerprint density at radius 2 is 2.22 bits per heavy atom. The van der Waals surface area contributed by atoms with Gasteiger partial charge in [0.1, 0.15) is 18.2 Å². The van der Waals surface area contributed by atoms with Crippen LogP contribution in [0.25, 0.3) is 10.8 Å². The summed E-state index contributed by atoms with van der Waals surface area (Å²) in [5.41, 5.74) is 7.80. The fourth-order valence-electron chi connectivity index (χ4n) is 3.08. The van der Waals surface area contributed by atoms with Crippen LogP contribution in [0.3, 0.4) is 0 Å². The smallest absolute Gasteiger partial charge is 0.241 e. The molecule has 0 aromatic carbocycles. The SMILES string of the molecule is C#C[C@H](C)c1cc2cc(Nc3cc4n(n3)CC(=O)NCC4)ncc2c(N)n1. The van der Waals surface area contributed by atoms with E-state index in [0.29, 0.717) is 24.0 Å². The van der Waals surface area contributed by atoms with Crippen molar-refractivity contribution in [1.82, 2.24) is 25.1 Å². The van der Waals surface area contributed by atoms with Gasteiger partial charge in [-0.05, 0) is 24.4 Å². The highest BCUT2D eigenvalue weighted by atomic mass is 16.2. The molecule has 4 N–H and O–H groups in total. The highest BCUT2D eigenvalue weighted by molar-refractivity contribution is 5.92. The zero-order valence-corrected chi connectivity index (χ0v) is 14.9. The summed E-state index contributed by atoms with van der Waals surface area (Å²) in [4.78, 5) is 20.4. The molecule has 136 valence electrons. The van der Waals surface area contributed by atoms with Crippen LogP contribution in [0.5, 0.6) is 0 Å². The summed E-state index contributed by atoms with van der Waals surface area (Å²) >= 11 is 0. The molecule has 0 unspecified atom stereocenters. The summed E-state index contributed by atoms with van der Waals surface area (Å²) < 4.78 is 1.71. The normalized spacial score (nSPS) is 14.7. The number of hydrogen-bond donors (Lipinski definition) is 3. The molecule has 1 aliphatic rings. The van der Waals surface area contributed by atoms with Crippen molar-refractivity contribution >= 4 is 34.1 Å². The largest absolute Gasteiger partial charge is 0.383 e. The van der Waals surface area contributed by atoms with Gasteiger partial charge in [-0.25, -0.2) is 9.97 Å². The lowest BCUT2D eigenvalue weighted by molar-refractivity contribution is -0.121. The lowest BCUT2D eigenvalue weighted by Gasteiger charge is -2.09. The van der Waals surface area contributed by atoms with Gasteiger partial charge in [0.15, 0.2) is 5.82 Å². The van der Waals surface area contributed by atoms with Crippen molar-refractivity contribution in [3.8, 4) is 12.3 Å². The maximum atomic E-state index is 11.7. The third-order valence-electron chi connectivity index (χ3n) is 4.57. The Hall–Kier alpha value is -3.60. The van der Waals surface area contributed by atoms with E-state index in [9.17, 15) is 4.79 Å². The van der Waals surface area contributed by atoms with Crippen molar-refractivity contribution in [1.29, 1.82) is 0 Å². The fraction of sp³-hybridized carbons (Fsp3) is 0.263. The minimum absolute atomic E-state index is 0.0367. The predicted octanol–water partition coefficient (Wildman–Crippen LogP) is 1.56. The molecule has 1 aliphatic heterocycles. The number of rotatable bonds is 3. The van der Waals surface area contributed by atoms with Crippen LogP contribution < -0.4 is 16.4 Å². The zero-order chi connectivity index (χ0) is 19.0. The number of nitrogens with two attached hydrogens (primary N) is 1. The van der Waals surface area contributed by atoms with Gasteiger partial charge in [-0.1, -0.05) is 5.92 Å². The summed E-state index contributed by atoms with van der Waals surface area (Å²) in [7, 11) is 0. The molecule has 8 heteroatoms. The monoisotopic (exact) mass is 361 g/mol. The van der Waals surface area contributed by atoms with Crippen LogP contribution in [0.15, 0.2) is 24.4 Å². The molecule has 3 aromatic rings. The Morgan fingerprint density at radius 3 is 3.04 bits per heavy atom. The summed E-state index contributed by atoms with van der Waals surface area (Å²) in [6, 6.07) is 5.74. The number of hydrogen-bond acceptors (Lipinski definition) is 6. The van der Waals surface area contributed by atoms with E-state index in [1.54, 1.807) is 10.9 Å². The van der Waals surface area contributed by atoms with E-state index in [2.05, 4.69) is 31.6 Å². The number of anilines is 3. The Kier molecular flexibility index (Phi) is 4.12. The van der Waals surface area contributed by atoms with E-state index in [1.807, 2.05) is 25.1 Å². The third kappa shape index (κ3) is 3.27. The maximum absolute atomic E-state index is 11.7. The number of nitrogens with zero attached hydrogens (tertiary/aromatic N) is 4. The highest BCUT2D eigenvalue weighted by Crippen LogP contribution is 2.26. The average Bonchev–Trinajstić information content (AvgIpc) is 2.92. The molecule has 0 radical (unpaired) electrons. The van der Waals surface area contributed by atoms with E-state index in [0.717, 1.165) is 28.6 Å². The van der Waals surface area contributed by atoms with Crippen LogP contribution in [-0.4, -0.2) is 32.2 Å². The first-order valence-electron chi connectivity index (χ1n) is 8.66. The van der Waals surface area contributed by atoms with E-state index in [-0.39, 0.29) is 18.4 Å². The predicted molar refractivity (Wildman–Crippen MR) is 103 cm³/mol. The first kappa shape index (κ1) is 16.8. The molecule has 27 heavy (non-hydrogen) atoms. The van der Waals surface area contributed by atoms with Crippen molar-refractivity contribution < 1.29 is 4.79 Å². The zero-order valence-electron chi connectivity index (χ0n) is 14.9. The number of carbonyl (C=O) groups is 1. The van der Waals surface area contributed by atoms with E-state index < -0.39 is 0 Å². The van der Waals surface area contributed by atoms with Crippen molar-refractivity contribution in [3.63, 3.8) is 0 Å². The van der Waals surface area contributed by atoms with Crippen LogP contribution in [0.1, 0.15) is 24.2 Å². The van der Waals surface area contributed by atoms with Gasteiger partial charge in [-0.2, -0.15) is 5.10 Å². The van der Waals surface area contributed by atoms with Gasteiger partial charge in [0.05, 0.1) is 11.6 Å². The van der Waals surface area contributed by atoms with Crippen LogP contribution >= 0.6 is 0 Å². The van der Waals surface area contributed by atoms with Crippen LogP contribution in [0.2, 0.25) is 0 Å². The Bertz CT molecular complexity index is 1080. The second-order valence-electron chi connectivity index (χ2n) is 6.51. The van der Waals surface area contributed by atoms with E-state index in [1.165, 1.54) is 0 Å². The van der Waals surface area contributed by atoms with Crippen molar-refractivity contribution in [2.45, 2.75) is 25.8 Å². The lowest BCUT2D eigenvalue weighted by Crippen LogP contribution is -2.25. The highest BCUT2D eigenvalue weighted by Gasteiger charge is 2.16. The molecule has 1 atom stereocenters. The standard InChI is InChI=1S/C19H19N7O/c1-3-11(2)15-6-12-7-16(22-9-14(12)19(20)23-15)24-17-8-13-4-5-21-18(27)10-26(13)25-17/h1,6-9,11H,4-5,10H2,2H3,(H2,20,23)(H,21,27)(H,22,24,25)/t11-/m0/s1. The van der Waals surface area contributed by atoms with Crippen molar-refractivity contribution in [3.05, 3.63) is 35.8 Å². The molecule has 4 rings (SSSR count). The molecule has 0 saturated carbocycles. The van der Waals surface area contributed by atoms with Gasteiger partial charge in [-0.15, -0.1) is 6.42 Å². The minimum Gasteiger partial charge on any atom is -0.383 e. The number of nitrogen functional groups attached to an aromatic ring is 1. The van der Waals surface area contributed by atoms with Gasteiger partial charge in [0.25, 0.3) is 0 Å². The molecule has 0 aliphatic carbocycles. The Morgan fingerprint density at radius 1 is 1.37 bits per heavy atom. The number of aromatic nitrogens is 4. The quantitative estimate of drug-likeness (QED) is 0.611. The average molecular weight is 361 g/mol. The molecule has 0 fully saturated rings. The number of fused-ring (bicyclic) bond motifs is 2. The number of amides is 1. The van der Waals surface area contributed by atoms with Gasteiger partial charge in [-0.3, -0.25) is 9.48 Å². The van der Waals surface area contributed by atoms with Crippen LogP contribution in [0, 0.1) is 12.3 Å². The molecule has 0 saturated heterocycles. The molecule has 3 aromatic heterocycles. The van der Waals surface area contributed by atoms with Gasteiger partial charge in [0.2, 0.25) is 5.91 Å². The number of nitrogens with one attached hydrogen (secondary N) is 2. The van der Waals surface area contributed by atoms with Gasteiger partial charge in [0, 0.05) is 36.3 Å².